The Morgan fingerprint density at radius 3 is 2.48 bits per heavy atom. The van der Waals surface area contributed by atoms with Crippen molar-refractivity contribution in [2.45, 2.75) is 32.0 Å². The monoisotopic (exact) mass is 587 g/mol. The number of hydrogen-bond acceptors (Lipinski definition) is 6. The molecule has 1 saturated carbocycles. The zero-order valence-electron chi connectivity index (χ0n) is 21.4. The number of hydrogen-bond donors (Lipinski definition) is 0. The second-order valence-electron chi connectivity index (χ2n) is 9.39. The highest BCUT2D eigenvalue weighted by Crippen LogP contribution is 2.39. The first-order valence-corrected chi connectivity index (χ1v) is 13.4. The van der Waals surface area contributed by atoms with Crippen LogP contribution in [0.5, 0.6) is 17.2 Å². The maximum atomic E-state index is 13.6. The first-order valence-electron chi connectivity index (χ1n) is 12.6. The van der Waals surface area contributed by atoms with Gasteiger partial charge in [-0.1, -0.05) is 59.6 Å². The molecule has 1 aromatic heterocycles. The lowest BCUT2D eigenvalue weighted by molar-refractivity contribution is -0.0515. The van der Waals surface area contributed by atoms with Crippen LogP contribution in [-0.2, 0) is 11.2 Å². The highest BCUT2D eigenvalue weighted by atomic mass is 35.5. The summed E-state index contributed by atoms with van der Waals surface area (Å²) in [6, 6.07) is 15.4. The largest absolute Gasteiger partial charge is 0.495 e. The van der Waals surface area contributed by atoms with Gasteiger partial charge in [0.1, 0.15) is 17.4 Å². The third-order valence-electron chi connectivity index (χ3n) is 6.62. The average Bonchev–Trinajstić information content (AvgIpc) is 3.77. The first-order chi connectivity index (χ1) is 19.3. The van der Waals surface area contributed by atoms with Crippen LogP contribution in [0.4, 0.5) is 8.78 Å². The molecule has 4 aromatic rings. The van der Waals surface area contributed by atoms with E-state index in [1.807, 2.05) is 24.3 Å². The minimum absolute atomic E-state index is 0.0823. The van der Waals surface area contributed by atoms with E-state index < -0.39 is 18.7 Å². The number of carbonyl (C=O) groups is 1. The molecule has 1 aliphatic carbocycles. The number of methoxy groups -OCH3 is 1. The summed E-state index contributed by atoms with van der Waals surface area (Å²) in [5.74, 6) is 0.103. The van der Waals surface area contributed by atoms with Crippen molar-refractivity contribution in [2.75, 3.05) is 13.7 Å². The van der Waals surface area contributed by atoms with Gasteiger partial charge < -0.3 is 18.9 Å². The van der Waals surface area contributed by atoms with Gasteiger partial charge in [0.15, 0.2) is 11.5 Å². The van der Waals surface area contributed by atoms with Crippen molar-refractivity contribution < 1.29 is 32.5 Å². The zero-order valence-corrected chi connectivity index (χ0v) is 22.9. The Morgan fingerprint density at radius 2 is 1.77 bits per heavy atom. The summed E-state index contributed by atoms with van der Waals surface area (Å²) in [7, 11) is 1.48. The van der Waals surface area contributed by atoms with Crippen LogP contribution >= 0.6 is 23.2 Å². The molecule has 1 atom stereocenters. The summed E-state index contributed by atoms with van der Waals surface area (Å²) in [6.45, 7) is -2.67. The van der Waals surface area contributed by atoms with Crippen molar-refractivity contribution in [1.82, 2.24) is 4.98 Å². The number of halogens is 4. The Hall–Kier alpha value is -3.62. The van der Waals surface area contributed by atoms with E-state index in [9.17, 15) is 13.6 Å². The van der Waals surface area contributed by atoms with Crippen molar-refractivity contribution in [3.63, 3.8) is 0 Å². The van der Waals surface area contributed by atoms with Gasteiger partial charge in [-0.3, -0.25) is 4.98 Å². The summed E-state index contributed by atoms with van der Waals surface area (Å²) in [5, 5.41) is 2.23. The lowest BCUT2D eigenvalue weighted by Crippen LogP contribution is -2.16. The maximum Gasteiger partial charge on any atom is 0.387 e. The lowest BCUT2D eigenvalue weighted by atomic mass is 10.0. The SMILES string of the molecule is COc1c(C(=O)OC(Cc2c(Cl)cncc2Cl)c2ccc(OC(F)F)c(OCC3CC3)c2)ccc2ccccc12. The molecule has 5 rings (SSSR count). The third-order valence-corrected chi connectivity index (χ3v) is 7.27. The van der Waals surface area contributed by atoms with Crippen LogP contribution in [0.25, 0.3) is 10.8 Å². The fourth-order valence-electron chi connectivity index (χ4n) is 4.39. The van der Waals surface area contributed by atoms with Crippen LogP contribution in [0.2, 0.25) is 10.0 Å². The number of ether oxygens (including phenoxy) is 4. The van der Waals surface area contributed by atoms with E-state index in [4.69, 9.17) is 37.4 Å². The van der Waals surface area contributed by atoms with E-state index in [2.05, 4.69) is 9.72 Å². The van der Waals surface area contributed by atoms with Crippen LogP contribution in [0.3, 0.4) is 0 Å². The normalized spacial score (nSPS) is 13.8. The average molecular weight is 588 g/mol. The number of esters is 1. The molecule has 3 aromatic carbocycles. The predicted octanol–water partition coefficient (Wildman–Crippen LogP) is 8.08. The smallest absolute Gasteiger partial charge is 0.387 e. The summed E-state index contributed by atoms with van der Waals surface area (Å²) in [5.41, 5.74) is 1.21. The molecule has 1 aliphatic rings. The molecule has 0 N–H and O–H groups in total. The van der Waals surface area contributed by atoms with E-state index >= 15 is 0 Å². The Labute approximate surface area is 239 Å². The number of alkyl halides is 2. The van der Waals surface area contributed by atoms with E-state index in [0.717, 1.165) is 23.6 Å². The van der Waals surface area contributed by atoms with E-state index in [1.165, 1.54) is 25.6 Å². The first kappa shape index (κ1) is 27.9. The molecule has 1 fully saturated rings. The molecule has 10 heteroatoms. The summed E-state index contributed by atoms with van der Waals surface area (Å²) < 4.78 is 48.3. The van der Waals surface area contributed by atoms with Gasteiger partial charge in [-0.2, -0.15) is 8.78 Å². The highest BCUT2D eigenvalue weighted by molar-refractivity contribution is 6.35. The standard InChI is InChI=1S/C30H25Cl2F2NO5/c1-37-28-20-5-3-2-4-18(20)8-10-21(28)29(36)39-26(13-22-23(31)14-35-15-24(22)32)19-9-11-25(40-30(33)34)27(12-19)38-16-17-6-7-17/h2-5,8-12,14-15,17,26,30H,6-7,13,16H2,1H3. The van der Waals surface area contributed by atoms with Gasteiger partial charge in [0.2, 0.25) is 0 Å². The lowest BCUT2D eigenvalue weighted by Gasteiger charge is -2.22. The molecular formula is C30H25Cl2F2NO5. The molecule has 0 aliphatic heterocycles. The van der Waals surface area contributed by atoms with Crippen molar-refractivity contribution in [3.8, 4) is 17.2 Å². The molecule has 6 nitrogen and oxygen atoms in total. The van der Waals surface area contributed by atoms with Gasteiger partial charge in [-0.15, -0.1) is 0 Å². The van der Waals surface area contributed by atoms with E-state index in [0.29, 0.717) is 39.4 Å². The summed E-state index contributed by atoms with van der Waals surface area (Å²) in [6.07, 6.45) is 4.06. The van der Waals surface area contributed by atoms with E-state index in [-0.39, 0.29) is 23.5 Å². The quantitative estimate of drug-likeness (QED) is 0.165. The maximum absolute atomic E-state index is 13.6. The topological polar surface area (TPSA) is 66.9 Å². The van der Waals surface area contributed by atoms with Crippen LogP contribution in [-0.4, -0.2) is 31.3 Å². The number of fused-ring (bicyclic) bond motifs is 1. The Kier molecular flexibility index (Phi) is 8.57. The van der Waals surface area contributed by atoms with Crippen LogP contribution in [0.15, 0.2) is 67.0 Å². The Morgan fingerprint density at radius 1 is 1.02 bits per heavy atom. The molecule has 208 valence electrons. The number of rotatable bonds is 11. The van der Waals surface area contributed by atoms with Crippen molar-refractivity contribution >= 4 is 39.9 Å². The number of aromatic nitrogens is 1. The van der Waals surface area contributed by atoms with Crippen molar-refractivity contribution in [3.05, 3.63) is 93.7 Å². The molecule has 1 unspecified atom stereocenters. The van der Waals surface area contributed by atoms with Gasteiger partial charge in [0, 0.05) is 24.2 Å². The van der Waals surface area contributed by atoms with Gasteiger partial charge in [-0.25, -0.2) is 4.79 Å². The number of benzene rings is 3. The number of pyridine rings is 1. The van der Waals surface area contributed by atoms with Crippen LogP contribution in [0.1, 0.15) is 40.4 Å². The third kappa shape index (κ3) is 6.40. The molecule has 1 heterocycles. The second-order valence-corrected chi connectivity index (χ2v) is 10.2. The Bertz CT molecular complexity index is 1510. The predicted molar refractivity (Wildman–Crippen MR) is 148 cm³/mol. The van der Waals surface area contributed by atoms with Gasteiger partial charge in [0.25, 0.3) is 0 Å². The fraction of sp³-hybridized carbons (Fsp3) is 0.267. The van der Waals surface area contributed by atoms with Crippen LogP contribution < -0.4 is 14.2 Å². The van der Waals surface area contributed by atoms with Gasteiger partial charge >= 0.3 is 12.6 Å². The minimum Gasteiger partial charge on any atom is -0.495 e. The summed E-state index contributed by atoms with van der Waals surface area (Å²) >= 11 is 12.8. The molecular weight excluding hydrogens is 563 g/mol. The molecule has 40 heavy (non-hydrogen) atoms. The van der Waals surface area contributed by atoms with Crippen LogP contribution in [0, 0.1) is 5.92 Å². The van der Waals surface area contributed by atoms with E-state index in [1.54, 1.807) is 24.3 Å². The molecule has 0 saturated heterocycles. The second kappa shape index (κ2) is 12.3. The minimum atomic E-state index is -3.03. The molecule has 0 radical (unpaired) electrons. The van der Waals surface area contributed by atoms with Gasteiger partial charge in [-0.05, 0) is 53.5 Å². The molecule has 0 bridgehead atoms. The molecule has 0 amide bonds. The highest BCUT2D eigenvalue weighted by Gasteiger charge is 2.27. The van der Waals surface area contributed by atoms with Crippen molar-refractivity contribution in [1.29, 1.82) is 0 Å². The van der Waals surface area contributed by atoms with Gasteiger partial charge in [0.05, 0.1) is 23.8 Å². The Balaban J connectivity index is 1.53. The fourth-order valence-corrected chi connectivity index (χ4v) is 4.90. The summed E-state index contributed by atoms with van der Waals surface area (Å²) in [4.78, 5) is 17.6. The molecule has 0 spiro atoms. The van der Waals surface area contributed by atoms with Crippen molar-refractivity contribution in [2.24, 2.45) is 5.92 Å². The number of nitrogens with zero attached hydrogens (tertiary/aromatic N) is 1. The number of carbonyl (C=O) groups excluding carboxylic acids is 1. The zero-order chi connectivity index (χ0) is 28.2.